The molecule has 2 aromatic carbocycles. The van der Waals surface area contributed by atoms with Gasteiger partial charge in [0.15, 0.2) is 0 Å². The van der Waals surface area contributed by atoms with E-state index >= 15 is 0 Å². The molecular formula is C27H16O4. The topological polar surface area (TPSA) is 74.6 Å². The van der Waals surface area contributed by atoms with E-state index in [1.165, 1.54) is 6.08 Å². The molecule has 2 aromatic rings. The van der Waals surface area contributed by atoms with Crippen LogP contribution in [0.1, 0.15) is 22.3 Å². The lowest BCUT2D eigenvalue weighted by molar-refractivity contribution is -0.136. The van der Waals surface area contributed by atoms with E-state index in [9.17, 15) is 19.8 Å². The van der Waals surface area contributed by atoms with Crippen molar-refractivity contribution in [2.75, 3.05) is 0 Å². The van der Waals surface area contributed by atoms with Gasteiger partial charge in [0.2, 0.25) is 0 Å². The van der Waals surface area contributed by atoms with Gasteiger partial charge >= 0.3 is 11.9 Å². The summed E-state index contributed by atoms with van der Waals surface area (Å²) >= 11 is 0. The van der Waals surface area contributed by atoms with E-state index in [-0.39, 0.29) is 11.1 Å². The Morgan fingerprint density at radius 2 is 1.29 bits per heavy atom. The van der Waals surface area contributed by atoms with Crippen molar-refractivity contribution < 1.29 is 19.8 Å². The van der Waals surface area contributed by atoms with Crippen LogP contribution >= 0.6 is 0 Å². The molecule has 0 aromatic heterocycles. The van der Waals surface area contributed by atoms with E-state index in [4.69, 9.17) is 0 Å². The van der Waals surface area contributed by atoms with E-state index in [2.05, 4.69) is 0 Å². The third kappa shape index (κ3) is 2.14. The van der Waals surface area contributed by atoms with Crippen LogP contribution in [-0.2, 0) is 9.59 Å². The lowest BCUT2D eigenvalue weighted by Gasteiger charge is -2.41. The molecule has 0 fully saturated rings. The van der Waals surface area contributed by atoms with Crippen LogP contribution in [-0.4, -0.2) is 22.2 Å². The van der Waals surface area contributed by atoms with Crippen molar-refractivity contribution in [1.82, 2.24) is 0 Å². The van der Waals surface area contributed by atoms with Gasteiger partial charge in [-0.1, -0.05) is 66.8 Å². The molecule has 0 radical (unpaired) electrons. The first-order chi connectivity index (χ1) is 15.0. The van der Waals surface area contributed by atoms with Crippen molar-refractivity contribution in [2.24, 2.45) is 5.41 Å². The second kappa shape index (κ2) is 5.92. The quantitative estimate of drug-likeness (QED) is 0.740. The van der Waals surface area contributed by atoms with Gasteiger partial charge < -0.3 is 10.2 Å². The first kappa shape index (κ1) is 17.7. The van der Waals surface area contributed by atoms with Crippen LogP contribution in [0.3, 0.4) is 0 Å². The second-order valence-electron chi connectivity index (χ2n) is 7.99. The fourth-order valence-electron chi connectivity index (χ4n) is 5.33. The number of carboxylic acid groups (broad SMARTS) is 2. The maximum atomic E-state index is 12.6. The van der Waals surface area contributed by atoms with Crippen molar-refractivity contribution in [3.63, 3.8) is 0 Å². The molecule has 4 heteroatoms. The lowest BCUT2D eigenvalue weighted by atomic mass is 9.60. The Kier molecular flexibility index (Phi) is 3.37. The van der Waals surface area contributed by atoms with Crippen LogP contribution in [0.2, 0.25) is 0 Å². The molecule has 0 heterocycles. The monoisotopic (exact) mass is 404 g/mol. The molecule has 4 aliphatic carbocycles. The van der Waals surface area contributed by atoms with Crippen LogP contribution in [0.5, 0.6) is 0 Å². The van der Waals surface area contributed by atoms with Gasteiger partial charge in [-0.15, -0.1) is 0 Å². The van der Waals surface area contributed by atoms with Gasteiger partial charge in [-0.2, -0.15) is 0 Å². The average molecular weight is 404 g/mol. The molecule has 4 nitrogen and oxygen atoms in total. The Labute approximate surface area is 178 Å². The number of allylic oxidation sites excluding steroid dienone is 7. The first-order valence-corrected chi connectivity index (χ1v) is 9.99. The van der Waals surface area contributed by atoms with Gasteiger partial charge in [0.25, 0.3) is 0 Å². The fourth-order valence-corrected chi connectivity index (χ4v) is 5.33. The number of rotatable bonds is 2. The molecule has 0 aliphatic heterocycles. The van der Waals surface area contributed by atoms with Crippen molar-refractivity contribution in [1.29, 1.82) is 0 Å². The summed E-state index contributed by atoms with van der Waals surface area (Å²) in [5, 5.41) is 20.3. The zero-order chi connectivity index (χ0) is 21.3. The Hall–Kier alpha value is -4.18. The highest BCUT2D eigenvalue weighted by molar-refractivity contribution is 6.15. The van der Waals surface area contributed by atoms with Gasteiger partial charge in [-0.25, -0.2) is 9.59 Å². The molecular weight excluding hydrogens is 388 g/mol. The number of fused-ring (bicyclic) bond motifs is 8. The van der Waals surface area contributed by atoms with E-state index in [0.29, 0.717) is 0 Å². The van der Waals surface area contributed by atoms with Crippen LogP contribution in [0.4, 0.5) is 0 Å². The normalized spacial score (nSPS) is 22.1. The third-order valence-corrected chi connectivity index (χ3v) is 6.54. The molecule has 148 valence electrons. The van der Waals surface area contributed by atoms with Gasteiger partial charge in [0, 0.05) is 0 Å². The largest absolute Gasteiger partial charge is 0.478 e. The zero-order valence-corrected chi connectivity index (χ0v) is 16.3. The molecule has 1 spiro atoms. The van der Waals surface area contributed by atoms with E-state index in [0.717, 1.165) is 44.5 Å². The Morgan fingerprint density at radius 3 is 1.90 bits per heavy atom. The highest BCUT2D eigenvalue weighted by Crippen LogP contribution is 2.62. The minimum atomic E-state index is -1.24. The summed E-state index contributed by atoms with van der Waals surface area (Å²) in [4.78, 5) is 24.9. The summed E-state index contributed by atoms with van der Waals surface area (Å²) in [6.45, 7) is 0. The lowest BCUT2D eigenvalue weighted by Crippen LogP contribution is -2.35. The minimum Gasteiger partial charge on any atom is -0.478 e. The Morgan fingerprint density at radius 1 is 0.710 bits per heavy atom. The van der Waals surface area contributed by atoms with Crippen LogP contribution in [0.15, 0.2) is 95.1 Å². The molecule has 0 saturated heterocycles. The van der Waals surface area contributed by atoms with Crippen LogP contribution in [0, 0.1) is 5.41 Å². The summed E-state index contributed by atoms with van der Waals surface area (Å²) in [6, 6.07) is 15.7. The molecule has 0 bridgehead atoms. The van der Waals surface area contributed by atoms with Gasteiger partial charge in [0.1, 0.15) is 0 Å². The molecule has 0 saturated carbocycles. The molecule has 2 N–H and O–H groups in total. The standard InChI is InChI=1S/C27H16O4/c28-25(29)21-14-20-18-9-4-2-7-16(18)13-23(20)27(24(21)26(30)31)11-5-10-19-17-8-3-1-6-15(17)12-22(19)27/h1-14H,(H,28,29)(H,30,31). The summed E-state index contributed by atoms with van der Waals surface area (Å²) < 4.78 is 0. The fraction of sp³-hybridized carbons (Fsp3) is 0.0370. The van der Waals surface area contributed by atoms with Crippen molar-refractivity contribution in [3.8, 4) is 0 Å². The van der Waals surface area contributed by atoms with E-state index in [1.54, 1.807) is 0 Å². The van der Waals surface area contributed by atoms with E-state index in [1.807, 2.05) is 78.9 Å². The number of carbonyl (C=O) groups is 2. The number of hydrogen-bond donors (Lipinski definition) is 2. The summed E-state index contributed by atoms with van der Waals surface area (Å²) in [7, 11) is 0. The molecule has 0 amide bonds. The molecule has 6 rings (SSSR count). The maximum Gasteiger partial charge on any atom is 0.336 e. The van der Waals surface area contributed by atoms with Gasteiger partial charge in [-0.05, 0) is 62.8 Å². The Bertz CT molecular complexity index is 1410. The van der Waals surface area contributed by atoms with Gasteiger partial charge in [0.05, 0.1) is 16.6 Å². The molecule has 1 unspecified atom stereocenters. The van der Waals surface area contributed by atoms with Crippen LogP contribution < -0.4 is 0 Å². The molecule has 4 aliphatic rings. The number of aliphatic carboxylic acids is 2. The first-order valence-electron chi connectivity index (χ1n) is 9.99. The second-order valence-corrected chi connectivity index (χ2v) is 7.99. The number of hydrogen-bond acceptors (Lipinski definition) is 2. The number of carboxylic acids is 2. The summed E-state index contributed by atoms with van der Waals surface area (Å²) in [6.07, 6.45) is 11.2. The summed E-state index contributed by atoms with van der Waals surface area (Å²) in [5.74, 6) is -2.47. The highest BCUT2D eigenvalue weighted by atomic mass is 16.4. The average Bonchev–Trinajstić information content (AvgIpc) is 3.33. The third-order valence-electron chi connectivity index (χ3n) is 6.54. The van der Waals surface area contributed by atoms with Crippen LogP contribution in [0.25, 0.3) is 23.3 Å². The van der Waals surface area contributed by atoms with Crippen molar-refractivity contribution in [3.05, 3.63) is 117 Å². The molecule has 31 heavy (non-hydrogen) atoms. The SMILES string of the molecule is O=C(O)C1=C(C(=O)O)C2(C=CC=C3C2=Cc2ccccc23)C2=Cc3ccccc3C2=C1. The highest BCUT2D eigenvalue weighted by Gasteiger charge is 2.52. The predicted octanol–water partition coefficient (Wildman–Crippen LogP) is 4.98. The van der Waals surface area contributed by atoms with Crippen molar-refractivity contribution >= 4 is 35.2 Å². The zero-order valence-electron chi connectivity index (χ0n) is 16.3. The predicted molar refractivity (Wildman–Crippen MR) is 119 cm³/mol. The maximum absolute atomic E-state index is 12.6. The van der Waals surface area contributed by atoms with Gasteiger partial charge in [-0.3, -0.25) is 0 Å². The van der Waals surface area contributed by atoms with Crippen molar-refractivity contribution in [2.45, 2.75) is 0 Å². The van der Waals surface area contributed by atoms with E-state index < -0.39 is 17.4 Å². The Balaban J connectivity index is 1.73. The molecule has 1 atom stereocenters. The number of benzene rings is 2. The minimum absolute atomic E-state index is 0.122. The smallest absolute Gasteiger partial charge is 0.336 e. The summed E-state index contributed by atoms with van der Waals surface area (Å²) in [5.41, 5.74) is 5.71.